The Morgan fingerprint density at radius 2 is 1.61 bits per heavy atom. The van der Waals surface area contributed by atoms with Crippen molar-refractivity contribution in [3.8, 4) is 0 Å². The molecule has 1 aliphatic rings. The zero-order chi connectivity index (χ0) is 23.7. The van der Waals surface area contributed by atoms with E-state index < -0.39 is 29.9 Å². The average Bonchev–Trinajstić information content (AvgIpc) is 2.88. The molecule has 1 aliphatic heterocycles. The predicted molar refractivity (Wildman–Crippen MR) is 135 cm³/mol. The fraction of sp³-hybridized carbons (Fsp3) is 0.125. The molecule has 2 unspecified atom stereocenters. The molecule has 3 aromatic carbocycles. The van der Waals surface area contributed by atoms with E-state index in [0.29, 0.717) is 26.9 Å². The van der Waals surface area contributed by atoms with Crippen molar-refractivity contribution in [3.63, 3.8) is 0 Å². The lowest BCUT2D eigenvalue weighted by Gasteiger charge is -2.34. The summed E-state index contributed by atoms with van der Waals surface area (Å²) in [7, 11) is 0. The van der Waals surface area contributed by atoms with Gasteiger partial charge in [-0.25, -0.2) is 4.79 Å². The number of nitrogens with one attached hydrogen (secondary N) is 1. The van der Waals surface area contributed by atoms with E-state index >= 15 is 0 Å². The van der Waals surface area contributed by atoms with Crippen LogP contribution in [0.3, 0.4) is 0 Å². The molecule has 0 bridgehead atoms. The number of nitrogens with zero attached hydrogens (tertiary/aromatic N) is 1. The van der Waals surface area contributed by atoms with Gasteiger partial charge in [-0.1, -0.05) is 47.5 Å². The Kier molecular flexibility index (Phi) is 6.92. The number of halogens is 3. The van der Waals surface area contributed by atoms with Crippen LogP contribution in [-0.4, -0.2) is 33.8 Å². The van der Waals surface area contributed by atoms with Gasteiger partial charge < -0.3 is 15.3 Å². The van der Waals surface area contributed by atoms with Crippen molar-refractivity contribution in [1.82, 2.24) is 4.90 Å². The van der Waals surface area contributed by atoms with E-state index in [2.05, 4.69) is 27.9 Å². The van der Waals surface area contributed by atoms with Crippen LogP contribution in [0.1, 0.15) is 27.5 Å². The molecule has 168 valence electrons. The van der Waals surface area contributed by atoms with Gasteiger partial charge in [-0.05, 0) is 76.2 Å². The van der Waals surface area contributed by atoms with Gasteiger partial charge in [0.15, 0.2) is 0 Å². The average molecular weight is 595 g/mol. The lowest BCUT2D eigenvalue weighted by Crippen LogP contribution is -2.50. The number of amides is 2. The number of carboxylic acids is 1. The third-order valence-electron chi connectivity index (χ3n) is 5.38. The van der Waals surface area contributed by atoms with E-state index in [-0.39, 0.29) is 12.0 Å². The van der Waals surface area contributed by atoms with Crippen LogP contribution in [-0.2, 0) is 16.0 Å². The van der Waals surface area contributed by atoms with Crippen LogP contribution in [0, 0.1) is 3.57 Å². The number of carbonyl (C=O) groups excluding carboxylic acids is 2. The van der Waals surface area contributed by atoms with Crippen molar-refractivity contribution in [1.29, 1.82) is 0 Å². The van der Waals surface area contributed by atoms with Gasteiger partial charge in [0, 0.05) is 20.0 Å². The molecule has 4 rings (SSSR count). The molecular weight excluding hydrogens is 578 g/mol. The minimum atomic E-state index is -1.31. The van der Waals surface area contributed by atoms with Crippen molar-refractivity contribution in [2.75, 3.05) is 5.32 Å². The number of aliphatic carboxylic acids is 1. The Bertz CT molecular complexity index is 1230. The fourth-order valence-electron chi connectivity index (χ4n) is 3.81. The third-order valence-corrected chi connectivity index (χ3v) is 6.55. The van der Waals surface area contributed by atoms with E-state index in [1.807, 2.05) is 0 Å². The van der Waals surface area contributed by atoms with E-state index in [9.17, 15) is 19.5 Å². The van der Waals surface area contributed by atoms with Crippen molar-refractivity contribution < 1.29 is 19.5 Å². The highest BCUT2D eigenvalue weighted by atomic mass is 127. The van der Waals surface area contributed by atoms with Gasteiger partial charge in [-0.15, -0.1) is 0 Å². The standard InChI is InChI=1S/C24H17Cl2IN2O4/c25-15-5-1-13(2-6-15)11-20(24(32)33)29-21(14-3-7-16(26)8-4-14)22(30)28-19-10-9-17(27)12-18(19)23(29)31/h1-10,12,20-21H,11H2,(H,28,30)(H,32,33). The van der Waals surface area contributed by atoms with E-state index in [1.54, 1.807) is 66.7 Å². The maximum Gasteiger partial charge on any atom is 0.326 e. The first kappa shape index (κ1) is 23.5. The quantitative estimate of drug-likeness (QED) is 0.386. The summed E-state index contributed by atoms with van der Waals surface area (Å²) in [6.07, 6.45) is -0.00509. The smallest absolute Gasteiger partial charge is 0.326 e. The van der Waals surface area contributed by atoms with Gasteiger partial charge in [0.2, 0.25) is 0 Å². The highest BCUT2D eigenvalue weighted by Crippen LogP contribution is 2.34. The third kappa shape index (κ3) is 5.00. The number of anilines is 1. The Morgan fingerprint density at radius 3 is 2.21 bits per heavy atom. The second-order valence-corrected chi connectivity index (χ2v) is 9.65. The molecule has 0 spiro atoms. The lowest BCUT2D eigenvalue weighted by molar-refractivity contribution is -0.143. The van der Waals surface area contributed by atoms with Crippen LogP contribution in [0.5, 0.6) is 0 Å². The molecule has 0 aliphatic carbocycles. The van der Waals surface area contributed by atoms with Gasteiger partial charge >= 0.3 is 5.97 Å². The summed E-state index contributed by atoms with van der Waals surface area (Å²) in [6, 6.07) is 15.7. The van der Waals surface area contributed by atoms with Crippen LogP contribution in [0.25, 0.3) is 0 Å². The fourth-order valence-corrected chi connectivity index (χ4v) is 4.56. The van der Waals surface area contributed by atoms with Gasteiger partial charge in [0.25, 0.3) is 11.8 Å². The molecule has 0 saturated carbocycles. The zero-order valence-corrected chi connectivity index (χ0v) is 20.6. The summed E-state index contributed by atoms with van der Waals surface area (Å²) < 4.78 is 0.781. The first-order chi connectivity index (χ1) is 15.7. The summed E-state index contributed by atoms with van der Waals surface area (Å²) >= 11 is 14.1. The molecular formula is C24H17Cl2IN2O4. The van der Waals surface area contributed by atoms with Crippen LogP contribution >= 0.6 is 45.8 Å². The van der Waals surface area contributed by atoms with Crippen molar-refractivity contribution in [2.45, 2.75) is 18.5 Å². The summed E-state index contributed by atoms with van der Waals surface area (Å²) in [5.41, 5.74) is 1.69. The van der Waals surface area contributed by atoms with Crippen molar-refractivity contribution in [2.24, 2.45) is 0 Å². The molecule has 0 fully saturated rings. The molecule has 0 aromatic heterocycles. The number of carboxylic acid groups (broad SMARTS) is 1. The van der Waals surface area contributed by atoms with Gasteiger partial charge in [0.1, 0.15) is 12.1 Å². The maximum atomic E-state index is 13.8. The Balaban J connectivity index is 1.87. The molecule has 1 heterocycles. The summed E-state index contributed by atoms with van der Waals surface area (Å²) in [6.45, 7) is 0. The molecule has 2 atom stereocenters. The number of rotatable bonds is 5. The highest BCUT2D eigenvalue weighted by Gasteiger charge is 2.43. The second kappa shape index (κ2) is 9.70. The van der Waals surface area contributed by atoms with Crippen molar-refractivity contribution >= 4 is 69.3 Å². The molecule has 3 aromatic rings. The molecule has 0 saturated heterocycles. The minimum Gasteiger partial charge on any atom is -0.480 e. The summed E-state index contributed by atoms with van der Waals surface area (Å²) in [4.78, 5) is 40.8. The number of benzene rings is 3. The summed E-state index contributed by atoms with van der Waals surface area (Å²) in [5.74, 6) is -2.28. The molecule has 2 N–H and O–H groups in total. The van der Waals surface area contributed by atoms with Gasteiger partial charge in [-0.3, -0.25) is 9.59 Å². The minimum absolute atomic E-state index is 0.00509. The Morgan fingerprint density at radius 1 is 1.00 bits per heavy atom. The summed E-state index contributed by atoms with van der Waals surface area (Å²) in [5, 5.41) is 13.9. The maximum absolute atomic E-state index is 13.8. The zero-order valence-electron chi connectivity index (χ0n) is 17.0. The van der Waals surface area contributed by atoms with Gasteiger partial charge in [0.05, 0.1) is 11.3 Å². The predicted octanol–water partition coefficient (Wildman–Crippen LogP) is 5.43. The Labute approximate surface area is 213 Å². The van der Waals surface area contributed by atoms with E-state index in [1.165, 1.54) is 0 Å². The van der Waals surface area contributed by atoms with Crippen molar-refractivity contribution in [3.05, 3.63) is 97.0 Å². The number of carbonyl (C=O) groups is 3. The number of hydrogen-bond donors (Lipinski definition) is 2. The number of fused-ring (bicyclic) bond motifs is 1. The van der Waals surface area contributed by atoms with Crippen LogP contribution in [0.4, 0.5) is 5.69 Å². The monoisotopic (exact) mass is 594 g/mol. The topological polar surface area (TPSA) is 86.7 Å². The van der Waals surface area contributed by atoms with Crippen LogP contribution < -0.4 is 5.32 Å². The largest absolute Gasteiger partial charge is 0.480 e. The van der Waals surface area contributed by atoms with Gasteiger partial charge in [-0.2, -0.15) is 0 Å². The molecule has 0 radical (unpaired) electrons. The first-order valence-electron chi connectivity index (χ1n) is 9.90. The van der Waals surface area contributed by atoms with Crippen LogP contribution in [0.2, 0.25) is 10.0 Å². The molecule has 9 heteroatoms. The second-order valence-electron chi connectivity index (χ2n) is 7.53. The Hall–Kier alpha value is -2.62. The normalized spacial score (nSPS) is 16.6. The molecule has 6 nitrogen and oxygen atoms in total. The van der Waals surface area contributed by atoms with E-state index in [0.717, 1.165) is 8.47 Å². The molecule has 33 heavy (non-hydrogen) atoms. The first-order valence-corrected chi connectivity index (χ1v) is 11.7. The SMILES string of the molecule is O=C(O)C(Cc1ccc(Cl)cc1)N1C(=O)c2cc(I)ccc2NC(=O)C1c1ccc(Cl)cc1. The highest BCUT2D eigenvalue weighted by molar-refractivity contribution is 14.1. The lowest BCUT2D eigenvalue weighted by atomic mass is 9.98. The van der Waals surface area contributed by atoms with Crippen LogP contribution in [0.15, 0.2) is 66.7 Å². The number of hydrogen-bond acceptors (Lipinski definition) is 3. The molecule has 2 amide bonds. The van der Waals surface area contributed by atoms with E-state index in [4.69, 9.17) is 23.2 Å².